The third-order valence-electron chi connectivity index (χ3n) is 2.54. The lowest BCUT2D eigenvalue weighted by Gasteiger charge is -2.17. The second-order valence-corrected chi connectivity index (χ2v) is 4.57. The summed E-state index contributed by atoms with van der Waals surface area (Å²) in [6, 6.07) is 4.26. The van der Waals surface area contributed by atoms with Crippen molar-refractivity contribution < 1.29 is 4.42 Å². The van der Waals surface area contributed by atoms with Crippen LogP contribution in [0.5, 0.6) is 0 Å². The van der Waals surface area contributed by atoms with E-state index < -0.39 is 0 Å². The average Bonchev–Trinajstić information content (AvgIpc) is 2.87. The number of aromatic nitrogens is 2. The second-order valence-electron chi connectivity index (χ2n) is 3.78. The number of hydrogen-bond acceptors (Lipinski definition) is 3. The highest BCUT2D eigenvalue weighted by atomic mass is 79.9. The van der Waals surface area contributed by atoms with E-state index in [0.717, 1.165) is 16.0 Å². The summed E-state index contributed by atoms with van der Waals surface area (Å²) in [4.78, 5) is 0. The molecule has 2 aromatic rings. The molecular weight excluding hydrogens is 270 g/mol. The van der Waals surface area contributed by atoms with Crippen LogP contribution in [0.25, 0.3) is 0 Å². The first-order valence-corrected chi connectivity index (χ1v) is 5.96. The molecule has 0 aliphatic rings. The van der Waals surface area contributed by atoms with Gasteiger partial charge < -0.3 is 9.73 Å². The first kappa shape index (κ1) is 11.4. The molecule has 2 heterocycles. The number of nitrogens with zero attached hydrogens (tertiary/aromatic N) is 1. The number of furan rings is 1. The highest BCUT2D eigenvalue weighted by Crippen LogP contribution is 2.22. The normalized spacial score (nSPS) is 14.9. The van der Waals surface area contributed by atoms with Crippen LogP contribution in [0.3, 0.4) is 0 Å². The third kappa shape index (κ3) is 2.54. The minimum Gasteiger partial charge on any atom is -0.453 e. The fraction of sp³-hybridized carbons (Fsp3) is 0.364. The van der Waals surface area contributed by atoms with Crippen molar-refractivity contribution in [2.24, 2.45) is 0 Å². The molecule has 0 aliphatic heterocycles. The van der Waals surface area contributed by atoms with E-state index in [0.29, 0.717) is 0 Å². The standard InChI is InChI=1S/C11H14BrN3O/c1-7(9-5-13-14-6-9)15-8(2)10-3-4-11(12)16-10/h3-8,15H,1-2H3,(H,13,14). The zero-order valence-corrected chi connectivity index (χ0v) is 10.8. The molecule has 0 saturated carbocycles. The van der Waals surface area contributed by atoms with Gasteiger partial charge in [-0.25, -0.2) is 0 Å². The number of rotatable bonds is 4. The van der Waals surface area contributed by atoms with Crippen molar-refractivity contribution in [2.45, 2.75) is 25.9 Å². The SMILES string of the molecule is CC(NC(C)c1ccc(Br)o1)c1cn[nH]c1. The Labute approximate surface area is 103 Å². The van der Waals surface area contributed by atoms with Gasteiger partial charge in [0.25, 0.3) is 0 Å². The van der Waals surface area contributed by atoms with Crippen LogP contribution in [0.1, 0.15) is 37.3 Å². The molecule has 2 atom stereocenters. The Bertz CT molecular complexity index is 438. The van der Waals surface area contributed by atoms with Gasteiger partial charge in [0.15, 0.2) is 4.67 Å². The van der Waals surface area contributed by atoms with Crippen molar-refractivity contribution in [1.82, 2.24) is 15.5 Å². The van der Waals surface area contributed by atoms with Gasteiger partial charge in [-0.2, -0.15) is 5.10 Å². The molecule has 2 aromatic heterocycles. The molecule has 16 heavy (non-hydrogen) atoms. The van der Waals surface area contributed by atoms with Crippen molar-refractivity contribution in [3.8, 4) is 0 Å². The van der Waals surface area contributed by atoms with Gasteiger partial charge in [-0.15, -0.1) is 0 Å². The maximum atomic E-state index is 5.49. The minimum absolute atomic E-state index is 0.163. The highest BCUT2D eigenvalue weighted by molar-refractivity contribution is 9.10. The van der Waals surface area contributed by atoms with Crippen LogP contribution in [0, 0.1) is 0 Å². The molecule has 5 heteroatoms. The first-order chi connectivity index (χ1) is 7.66. The van der Waals surface area contributed by atoms with Crippen LogP contribution in [0.4, 0.5) is 0 Å². The summed E-state index contributed by atoms with van der Waals surface area (Å²) in [6.07, 6.45) is 3.71. The number of hydrogen-bond donors (Lipinski definition) is 2. The lowest BCUT2D eigenvalue weighted by atomic mass is 10.1. The van der Waals surface area contributed by atoms with Crippen LogP contribution in [-0.4, -0.2) is 10.2 Å². The Balaban J connectivity index is 2.00. The van der Waals surface area contributed by atoms with Crippen molar-refractivity contribution in [1.29, 1.82) is 0 Å². The Morgan fingerprint density at radius 2 is 2.19 bits per heavy atom. The van der Waals surface area contributed by atoms with Crippen molar-refractivity contribution in [3.63, 3.8) is 0 Å². The van der Waals surface area contributed by atoms with E-state index in [4.69, 9.17) is 4.42 Å². The Kier molecular flexibility index (Phi) is 3.46. The maximum absolute atomic E-state index is 5.49. The van der Waals surface area contributed by atoms with Crippen LogP contribution < -0.4 is 5.32 Å². The van der Waals surface area contributed by atoms with Crippen LogP contribution in [0.2, 0.25) is 0 Å². The van der Waals surface area contributed by atoms with Crippen LogP contribution >= 0.6 is 15.9 Å². The lowest BCUT2D eigenvalue weighted by Crippen LogP contribution is -2.21. The average molecular weight is 284 g/mol. The van der Waals surface area contributed by atoms with Gasteiger partial charge in [-0.1, -0.05) is 0 Å². The van der Waals surface area contributed by atoms with Gasteiger partial charge in [0.1, 0.15) is 5.76 Å². The van der Waals surface area contributed by atoms with Gasteiger partial charge in [-0.05, 0) is 41.9 Å². The molecule has 0 fully saturated rings. The fourth-order valence-corrected chi connectivity index (χ4v) is 1.93. The first-order valence-electron chi connectivity index (χ1n) is 5.17. The number of halogens is 1. The molecule has 0 aromatic carbocycles. The summed E-state index contributed by atoms with van der Waals surface area (Å²) >= 11 is 3.30. The van der Waals surface area contributed by atoms with E-state index >= 15 is 0 Å². The van der Waals surface area contributed by atoms with Gasteiger partial charge >= 0.3 is 0 Å². The highest BCUT2D eigenvalue weighted by Gasteiger charge is 2.14. The summed E-state index contributed by atoms with van der Waals surface area (Å²) in [7, 11) is 0. The molecule has 0 radical (unpaired) electrons. The maximum Gasteiger partial charge on any atom is 0.169 e. The van der Waals surface area contributed by atoms with Crippen molar-refractivity contribution in [2.75, 3.05) is 0 Å². The monoisotopic (exact) mass is 283 g/mol. The molecule has 4 nitrogen and oxygen atoms in total. The molecule has 0 amide bonds. The molecule has 2 N–H and O–H groups in total. The van der Waals surface area contributed by atoms with Gasteiger partial charge in [0, 0.05) is 17.8 Å². The topological polar surface area (TPSA) is 53.9 Å². The Hall–Kier alpha value is -1.07. The molecule has 0 bridgehead atoms. The van der Waals surface area contributed by atoms with Crippen LogP contribution in [0.15, 0.2) is 33.6 Å². The van der Waals surface area contributed by atoms with E-state index in [1.165, 1.54) is 0 Å². The van der Waals surface area contributed by atoms with E-state index in [-0.39, 0.29) is 12.1 Å². The van der Waals surface area contributed by atoms with Gasteiger partial charge in [0.05, 0.1) is 12.2 Å². The van der Waals surface area contributed by atoms with Crippen molar-refractivity contribution >= 4 is 15.9 Å². The van der Waals surface area contributed by atoms with E-state index in [2.05, 4.69) is 45.3 Å². The molecule has 2 unspecified atom stereocenters. The number of aromatic amines is 1. The number of H-pyrrole nitrogens is 1. The predicted octanol–water partition coefficient (Wildman–Crippen LogP) is 3.18. The Morgan fingerprint density at radius 3 is 2.75 bits per heavy atom. The Morgan fingerprint density at radius 1 is 1.38 bits per heavy atom. The largest absolute Gasteiger partial charge is 0.453 e. The summed E-state index contributed by atoms with van der Waals surface area (Å²) in [6.45, 7) is 4.17. The molecule has 2 rings (SSSR count). The molecular formula is C11H14BrN3O. The smallest absolute Gasteiger partial charge is 0.169 e. The fourth-order valence-electron chi connectivity index (χ4n) is 1.61. The quantitative estimate of drug-likeness (QED) is 0.906. The summed E-state index contributed by atoms with van der Waals surface area (Å²) in [5.41, 5.74) is 1.14. The minimum atomic E-state index is 0.163. The predicted molar refractivity (Wildman–Crippen MR) is 65.0 cm³/mol. The van der Waals surface area contributed by atoms with Gasteiger partial charge in [-0.3, -0.25) is 5.10 Å². The molecule has 86 valence electrons. The molecule has 0 aliphatic carbocycles. The zero-order valence-electron chi connectivity index (χ0n) is 9.20. The van der Waals surface area contributed by atoms with Crippen molar-refractivity contribution in [3.05, 3.63) is 40.5 Å². The van der Waals surface area contributed by atoms with E-state index in [9.17, 15) is 0 Å². The van der Waals surface area contributed by atoms with E-state index in [1.807, 2.05) is 24.5 Å². The summed E-state index contributed by atoms with van der Waals surface area (Å²) in [5.74, 6) is 0.919. The number of nitrogens with one attached hydrogen (secondary N) is 2. The zero-order chi connectivity index (χ0) is 11.5. The summed E-state index contributed by atoms with van der Waals surface area (Å²) < 4.78 is 6.25. The van der Waals surface area contributed by atoms with E-state index in [1.54, 1.807) is 0 Å². The third-order valence-corrected chi connectivity index (χ3v) is 2.97. The lowest BCUT2D eigenvalue weighted by molar-refractivity contribution is 0.394. The second kappa shape index (κ2) is 4.84. The van der Waals surface area contributed by atoms with Gasteiger partial charge in [0.2, 0.25) is 0 Å². The molecule has 0 spiro atoms. The molecule has 0 saturated heterocycles. The van der Waals surface area contributed by atoms with Crippen LogP contribution in [-0.2, 0) is 0 Å². The summed E-state index contributed by atoms with van der Waals surface area (Å²) in [5, 5.41) is 10.2.